The SMILES string of the molecule is [2H]c1c([2H])c(C(C)(C)C)c([2H])c([2H])c1-c1ccnc(-c2[c-]c(-c3cccc4c3nc(-c3cc(C(C)(C)C)cc(C)c3[CH2-])n4-c3ccc(-c4c(-c5ccccc5)cccc4C(C)(C)C)cc3C)cc(C(C)(C)C)c2)c1.[Pt+2]. The maximum absolute atomic E-state index is 9.12. The Morgan fingerprint density at radius 3 is 1.80 bits per heavy atom. The number of hydrogen-bond donors (Lipinski definition) is 0. The molecular weight excluding hydrogens is 1040 g/mol. The van der Waals surface area contributed by atoms with Crippen LogP contribution in [0.25, 0.3) is 83.9 Å². The molecule has 2 heterocycles. The van der Waals surface area contributed by atoms with Crippen LogP contribution in [0.15, 0.2) is 152 Å². The van der Waals surface area contributed by atoms with Gasteiger partial charge in [0.2, 0.25) is 0 Å². The summed E-state index contributed by atoms with van der Waals surface area (Å²) in [4.78, 5) is 10.6. The number of aromatic nitrogens is 3. The van der Waals surface area contributed by atoms with Gasteiger partial charge in [-0.25, -0.2) is 4.98 Å². The fourth-order valence-electron chi connectivity index (χ4n) is 9.45. The number of aryl methyl sites for hydroxylation is 2. The van der Waals surface area contributed by atoms with Crippen molar-refractivity contribution >= 4 is 11.0 Å². The van der Waals surface area contributed by atoms with Crippen molar-refractivity contribution in [3.05, 3.63) is 204 Å². The molecule has 362 valence electrons. The zero-order valence-electron chi connectivity index (χ0n) is 48.0. The summed E-state index contributed by atoms with van der Waals surface area (Å²) in [6.45, 7) is 35.0. The van der Waals surface area contributed by atoms with Gasteiger partial charge in [-0.15, -0.1) is 41.5 Å². The summed E-state index contributed by atoms with van der Waals surface area (Å²) in [6.07, 6.45) is 1.68. The molecule has 0 spiro atoms. The van der Waals surface area contributed by atoms with Gasteiger partial charge >= 0.3 is 21.1 Å². The molecule has 0 amide bonds. The average molecular weight is 1120 g/mol. The molecule has 0 radical (unpaired) electrons. The number of rotatable bonds is 7. The first kappa shape index (κ1) is 45.8. The Hall–Kier alpha value is -6.28. The Morgan fingerprint density at radius 2 is 1.15 bits per heavy atom. The van der Waals surface area contributed by atoms with Gasteiger partial charge in [0.15, 0.2) is 0 Å². The number of fused-ring (bicyclic) bond motifs is 1. The molecule has 0 atom stereocenters. The first-order valence-electron chi connectivity index (χ1n) is 26.6. The number of benzene rings is 7. The van der Waals surface area contributed by atoms with Crippen molar-refractivity contribution in [2.45, 2.75) is 119 Å². The Morgan fingerprint density at radius 1 is 0.521 bits per heavy atom. The van der Waals surface area contributed by atoms with Crippen LogP contribution in [0.4, 0.5) is 0 Å². The van der Waals surface area contributed by atoms with E-state index in [1.54, 1.807) is 12.3 Å². The Bertz CT molecular complexity index is 3640. The quantitative estimate of drug-likeness (QED) is 0.149. The maximum Gasteiger partial charge on any atom is 2.00 e. The van der Waals surface area contributed by atoms with Crippen LogP contribution in [0.2, 0.25) is 0 Å². The topological polar surface area (TPSA) is 30.7 Å². The standard InChI is InChI=1S/C67H69N3.Pt/c1-42-36-52(65(7,8)9)41-56(44(42)3)63-69-62-55(49-37-50(39-53(38-49)66(10,11)12)58-40-47(33-34-68-58)45-27-30-51(31-28-45)64(4,5)6)24-20-26-60(62)70(63)59-32-29-48(35-43(59)2)61-54(46-21-17-16-18-22-46)23-19-25-57(61)67(13,14)15;/h16-36,38-41H,3H2,1-2,4-15H3;/q-2;+2/i27D,28D,30D,31D;. The molecule has 0 fully saturated rings. The van der Waals surface area contributed by atoms with E-state index in [2.05, 4.69) is 203 Å². The van der Waals surface area contributed by atoms with Crippen LogP contribution in [-0.4, -0.2) is 14.5 Å². The number of imidazole rings is 1. The van der Waals surface area contributed by atoms with E-state index >= 15 is 0 Å². The second-order valence-corrected chi connectivity index (χ2v) is 23.2. The van der Waals surface area contributed by atoms with E-state index in [1.807, 2.05) is 26.8 Å². The van der Waals surface area contributed by atoms with E-state index in [4.69, 9.17) is 15.5 Å². The van der Waals surface area contributed by atoms with Gasteiger partial charge in [0.1, 0.15) is 0 Å². The number of nitrogens with zero attached hydrogens (tertiary/aromatic N) is 3. The largest absolute Gasteiger partial charge is 2.00 e. The van der Waals surface area contributed by atoms with Crippen molar-refractivity contribution in [2.75, 3.05) is 0 Å². The van der Waals surface area contributed by atoms with E-state index in [9.17, 15) is 0 Å². The van der Waals surface area contributed by atoms with E-state index in [-0.39, 0.29) is 67.0 Å². The molecule has 0 aliphatic rings. The minimum absolute atomic E-state index is 0. The predicted molar refractivity (Wildman–Crippen MR) is 299 cm³/mol. The normalized spacial score (nSPS) is 13.1. The van der Waals surface area contributed by atoms with Crippen molar-refractivity contribution in [3.63, 3.8) is 0 Å². The van der Waals surface area contributed by atoms with Crippen LogP contribution >= 0.6 is 0 Å². The van der Waals surface area contributed by atoms with Gasteiger partial charge in [-0.1, -0.05) is 209 Å². The Labute approximate surface area is 444 Å². The van der Waals surface area contributed by atoms with Gasteiger partial charge < -0.3 is 4.57 Å². The summed E-state index contributed by atoms with van der Waals surface area (Å²) >= 11 is 0. The zero-order valence-corrected chi connectivity index (χ0v) is 46.3. The molecule has 0 aliphatic carbocycles. The van der Waals surface area contributed by atoms with Crippen LogP contribution in [0.3, 0.4) is 0 Å². The minimum atomic E-state index is -0.569. The molecule has 71 heavy (non-hydrogen) atoms. The van der Waals surface area contributed by atoms with Crippen LogP contribution in [0.5, 0.6) is 0 Å². The molecule has 0 saturated carbocycles. The van der Waals surface area contributed by atoms with Crippen molar-refractivity contribution in [2.24, 2.45) is 0 Å². The molecule has 0 aliphatic heterocycles. The van der Waals surface area contributed by atoms with Crippen LogP contribution in [0, 0.1) is 26.8 Å². The predicted octanol–water partition coefficient (Wildman–Crippen LogP) is 18.2. The van der Waals surface area contributed by atoms with Gasteiger partial charge in [0, 0.05) is 17.6 Å². The molecule has 0 bridgehead atoms. The second kappa shape index (κ2) is 19.0. The number of pyridine rings is 1. The summed E-state index contributed by atoms with van der Waals surface area (Å²) in [6, 6.07) is 46.7. The smallest absolute Gasteiger partial charge is 0.303 e. The van der Waals surface area contributed by atoms with Crippen molar-refractivity contribution < 1.29 is 26.5 Å². The summed E-state index contributed by atoms with van der Waals surface area (Å²) < 4.78 is 38.5. The van der Waals surface area contributed by atoms with Gasteiger partial charge in [-0.05, 0) is 103 Å². The zero-order chi connectivity index (χ0) is 53.6. The number of para-hydroxylation sites is 1. The summed E-state index contributed by atoms with van der Waals surface area (Å²) in [5.74, 6) is 0.807. The average Bonchev–Trinajstić information content (AvgIpc) is 3.72. The van der Waals surface area contributed by atoms with E-state index < -0.39 is 5.41 Å². The molecule has 2 aromatic heterocycles. The summed E-state index contributed by atoms with van der Waals surface area (Å²) in [5, 5.41) is 0. The van der Waals surface area contributed by atoms with Crippen LogP contribution < -0.4 is 0 Å². The monoisotopic (exact) mass is 1110 g/mol. The third-order valence-corrected chi connectivity index (χ3v) is 13.7. The summed E-state index contributed by atoms with van der Waals surface area (Å²) in [5.41, 5.74) is 18.5. The number of hydrogen-bond acceptors (Lipinski definition) is 2. The molecule has 9 rings (SSSR count). The second-order valence-electron chi connectivity index (χ2n) is 23.2. The van der Waals surface area contributed by atoms with Crippen LogP contribution in [-0.2, 0) is 42.7 Å². The van der Waals surface area contributed by atoms with Gasteiger partial charge in [-0.3, -0.25) is 4.98 Å². The van der Waals surface area contributed by atoms with Gasteiger partial charge in [0.25, 0.3) is 0 Å². The van der Waals surface area contributed by atoms with E-state index in [0.717, 1.165) is 72.6 Å². The Kier molecular flexibility index (Phi) is 12.3. The third-order valence-electron chi connectivity index (χ3n) is 13.7. The molecule has 4 heteroatoms. The van der Waals surface area contributed by atoms with Crippen molar-refractivity contribution in [3.8, 4) is 72.8 Å². The molecule has 0 N–H and O–H groups in total. The Balaban J connectivity index is 0.00000747. The van der Waals surface area contributed by atoms with E-state index in [1.165, 1.54) is 27.8 Å². The van der Waals surface area contributed by atoms with E-state index in [0.29, 0.717) is 16.8 Å². The maximum atomic E-state index is 9.12. The molecule has 3 nitrogen and oxygen atoms in total. The third kappa shape index (κ3) is 10.1. The van der Waals surface area contributed by atoms with Crippen molar-refractivity contribution in [1.82, 2.24) is 14.5 Å². The van der Waals surface area contributed by atoms with Crippen molar-refractivity contribution in [1.29, 1.82) is 0 Å². The fraction of sp³-hybridized carbons (Fsp3) is 0.269. The first-order valence-corrected chi connectivity index (χ1v) is 24.6. The molecular formula is C67H69N3Pt. The summed E-state index contributed by atoms with van der Waals surface area (Å²) in [7, 11) is 0. The van der Waals surface area contributed by atoms with Gasteiger partial charge in [0.05, 0.1) is 22.3 Å². The minimum Gasteiger partial charge on any atom is -0.303 e. The molecule has 9 aromatic rings. The van der Waals surface area contributed by atoms with Gasteiger partial charge in [-0.2, -0.15) is 18.1 Å². The first-order chi connectivity index (χ1) is 34.6. The van der Waals surface area contributed by atoms with Crippen LogP contribution in [0.1, 0.15) is 128 Å². The molecule has 0 saturated heterocycles. The fourth-order valence-corrected chi connectivity index (χ4v) is 9.45. The molecule has 0 unspecified atom stereocenters. The molecule has 7 aromatic carbocycles.